The highest BCUT2D eigenvalue weighted by Gasteiger charge is 2.30. The summed E-state index contributed by atoms with van der Waals surface area (Å²) >= 11 is 7.39. The Kier molecular flexibility index (Phi) is 3.97. The summed E-state index contributed by atoms with van der Waals surface area (Å²) in [5.41, 5.74) is 1.77. The van der Waals surface area contributed by atoms with Crippen molar-refractivity contribution in [1.82, 2.24) is 14.5 Å². The van der Waals surface area contributed by atoms with Crippen molar-refractivity contribution in [2.45, 2.75) is 19.4 Å². The minimum Gasteiger partial charge on any atom is -0.480 e. The highest BCUT2D eigenvalue weighted by atomic mass is 35.5. The lowest BCUT2D eigenvalue weighted by Gasteiger charge is -2.09. The number of aryl methyl sites for hydroxylation is 2. The number of aromatic nitrogens is 3. The monoisotopic (exact) mass is 374 g/mol. The van der Waals surface area contributed by atoms with Gasteiger partial charge in [0.1, 0.15) is 5.75 Å². The molecule has 0 saturated carbocycles. The molecule has 8 heteroatoms. The maximum atomic E-state index is 12.5. The molecule has 3 aromatic rings. The van der Waals surface area contributed by atoms with Crippen LogP contribution in [0.4, 0.5) is 5.13 Å². The molecule has 2 aromatic heterocycles. The second-order valence-electron chi connectivity index (χ2n) is 5.85. The van der Waals surface area contributed by atoms with Crippen LogP contribution in [-0.4, -0.2) is 26.5 Å². The Morgan fingerprint density at radius 3 is 3.08 bits per heavy atom. The van der Waals surface area contributed by atoms with Crippen LogP contribution < -0.4 is 10.1 Å². The number of nitrogens with one attached hydrogen (secondary N) is 1. The van der Waals surface area contributed by atoms with Crippen LogP contribution in [0, 0.1) is 6.92 Å². The summed E-state index contributed by atoms with van der Waals surface area (Å²) in [5.74, 6) is 1.32. The molecular weight excluding hydrogens is 360 g/mol. The van der Waals surface area contributed by atoms with E-state index in [4.69, 9.17) is 16.3 Å². The van der Waals surface area contributed by atoms with Crippen molar-refractivity contribution in [2.24, 2.45) is 7.05 Å². The summed E-state index contributed by atoms with van der Waals surface area (Å²) in [7, 11) is 1.93. The summed E-state index contributed by atoms with van der Waals surface area (Å²) in [6.45, 7) is 1.90. The van der Waals surface area contributed by atoms with Crippen LogP contribution in [-0.2, 0) is 18.3 Å². The SMILES string of the molecule is Cc1nc(NC(=O)C2Cc3cc(Cl)ccc3O2)sc1-c1nccn1C. The Balaban J connectivity index is 1.50. The standard InChI is InChI=1S/C17H15ClN4O2S/c1-9-14(15-19-5-6-22(15)2)25-17(20-9)21-16(23)13-8-10-7-11(18)3-4-12(10)24-13/h3-7,13H,8H2,1-2H3,(H,20,21,23). The predicted molar refractivity (Wildman–Crippen MR) is 97.3 cm³/mol. The molecular formula is C17H15ClN4O2S. The number of carbonyl (C=O) groups excluding carboxylic acids is 1. The molecule has 0 aliphatic carbocycles. The van der Waals surface area contributed by atoms with E-state index in [-0.39, 0.29) is 5.91 Å². The van der Waals surface area contributed by atoms with Crippen LogP contribution in [0.5, 0.6) is 5.75 Å². The number of benzene rings is 1. The number of hydrogen-bond acceptors (Lipinski definition) is 5. The Labute approximate surface area is 153 Å². The topological polar surface area (TPSA) is 69.0 Å². The highest BCUT2D eigenvalue weighted by Crippen LogP contribution is 2.33. The van der Waals surface area contributed by atoms with Gasteiger partial charge in [-0.1, -0.05) is 22.9 Å². The van der Waals surface area contributed by atoms with Crippen LogP contribution >= 0.6 is 22.9 Å². The highest BCUT2D eigenvalue weighted by molar-refractivity contribution is 7.19. The van der Waals surface area contributed by atoms with Gasteiger partial charge in [-0.15, -0.1) is 0 Å². The molecule has 6 nitrogen and oxygen atoms in total. The van der Waals surface area contributed by atoms with Gasteiger partial charge in [-0.25, -0.2) is 9.97 Å². The van der Waals surface area contributed by atoms with E-state index in [9.17, 15) is 4.79 Å². The number of fused-ring (bicyclic) bond motifs is 1. The van der Waals surface area contributed by atoms with Gasteiger partial charge in [0.25, 0.3) is 5.91 Å². The molecule has 0 fully saturated rings. The number of anilines is 1. The fourth-order valence-corrected chi connectivity index (χ4v) is 3.99. The minimum atomic E-state index is -0.575. The first-order chi connectivity index (χ1) is 12.0. The Morgan fingerprint density at radius 1 is 1.48 bits per heavy atom. The van der Waals surface area contributed by atoms with Gasteiger partial charge in [-0.2, -0.15) is 0 Å². The summed E-state index contributed by atoms with van der Waals surface area (Å²) in [5, 5.41) is 4.03. The third kappa shape index (κ3) is 3.01. The number of hydrogen-bond donors (Lipinski definition) is 1. The van der Waals surface area contributed by atoms with Crippen LogP contribution in [0.2, 0.25) is 5.02 Å². The molecule has 1 aliphatic rings. The van der Waals surface area contributed by atoms with Crippen LogP contribution in [0.1, 0.15) is 11.3 Å². The zero-order valence-electron chi connectivity index (χ0n) is 13.6. The first-order valence-corrected chi connectivity index (χ1v) is 8.92. The molecule has 1 aromatic carbocycles. The van der Waals surface area contributed by atoms with E-state index in [1.54, 1.807) is 18.3 Å². The fourth-order valence-electron chi connectivity index (χ4n) is 2.79. The lowest BCUT2D eigenvalue weighted by molar-refractivity contribution is -0.122. The Morgan fingerprint density at radius 2 is 2.32 bits per heavy atom. The molecule has 128 valence electrons. The zero-order chi connectivity index (χ0) is 17.6. The normalized spacial score (nSPS) is 15.7. The average molecular weight is 375 g/mol. The molecule has 1 atom stereocenters. The van der Waals surface area contributed by atoms with Crippen molar-refractivity contribution >= 4 is 34.0 Å². The van der Waals surface area contributed by atoms with Gasteiger partial charge >= 0.3 is 0 Å². The van der Waals surface area contributed by atoms with Crippen LogP contribution in [0.3, 0.4) is 0 Å². The fraction of sp³-hybridized carbons (Fsp3) is 0.235. The van der Waals surface area contributed by atoms with Crippen molar-refractivity contribution in [3.8, 4) is 16.5 Å². The van der Waals surface area contributed by atoms with E-state index in [0.29, 0.717) is 22.3 Å². The van der Waals surface area contributed by atoms with Gasteiger partial charge in [0, 0.05) is 30.9 Å². The molecule has 4 rings (SSSR count). The maximum Gasteiger partial charge on any atom is 0.267 e. The average Bonchev–Trinajstić information content (AvgIpc) is 3.25. The van der Waals surface area contributed by atoms with Gasteiger partial charge in [0.2, 0.25) is 0 Å². The van der Waals surface area contributed by atoms with Crippen molar-refractivity contribution in [3.63, 3.8) is 0 Å². The zero-order valence-corrected chi connectivity index (χ0v) is 15.2. The number of imidazole rings is 1. The summed E-state index contributed by atoms with van der Waals surface area (Å²) < 4.78 is 7.64. The molecule has 1 unspecified atom stereocenters. The third-order valence-corrected chi connectivity index (χ3v) is 5.34. The number of halogens is 1. The van der Waals surface area contributed by atoms with Gasteiger partial charge in [0.05, 0.1) is 10.6 Å². The van der Waals surface area contributed by atoms with Crippen LogP contribution in [0.25, 0.3) is 10.7 Å². The lowest BCUT2D eigenvalue weighted by Crippen LogP contribution is -2.31. The smallest absolute Gasteiger partial charge is 0.267 e. The maximum absolute atomic E-state index is 12.5. The summed E-state index contributed by atoms with van der Waals surface area (Å²) in [6, 6.07) is 5.37. The van der Waals surface area contributed by atoms with E-state index in [2.05, 4.69) is 15.3 Å². The molecule has 0 spiro atoms. The number of ether oxygens (including phenoxy) is 1. The molecule has 3 heterocycles. The number of amides is 1. The summed E-state index contributed by atoms with van der Waals surface area (Å²) in [4.78, 5) is 22.2. The number of thiazole rings is 1. The Bertz CT molecular complexity index is 965. The van der Waals surface area contributed by atoms with Gasteiger partial charge in [0.15, 0.2) is 17.1 Å². The van der Waals surface area contributed by atoms with Crippen molar-refractivity contribution in [3.05, 3.63) is 46.9 Å². The molecule has 1 N–H and O–H groups in total. The molecule has 0 bridgehead atoms. The lowest BCUT2D eigenvalue weighted by atomic mass is 10.1. The van der Waals surface area contributed by atoms with E-state index in [1.165, 1.54) is 11.3 Å². The number of rotatable bonds is 3. The van der Waals surface area contributed by atoms with Crippen molar-refractivity contribution in [1.29, 1.82) is 0 Å². The number of nitrogens with zero attached hydrogens (tertiary/aromatic N) is 3. The molecule has 1 amide bonds. The molecule has 1 aliphatic heterocycles. The van der Waals surface area contributed by atoms with Gasteiger partial charge < -0.3 is 9.30 Å². The molecule has 25 heavy (non-hydrogen) atoms. The van der Waals surface area contributed by atoms with E-state index in [0.717, 1.165) is 22.0 Å². The molecule has 0 radical (unpaired) electrons. The van der Waals surface area contributed by atoms with E-state index in [1.807, 2.05) is 30.8 Å². The molecule has 0 saturated heterocycles. The van der Waals surface area contributed by atoms with Gasteiger partial charge in [-0.3, -0.25) is 10.1 Å². The predicted octanol–water partition coefficient (Wildman–Crippen LogP) is 3.45. The second-order valence-corrected chi connectivity index (χ2v) is 7.28. The Hall–Kier alpha value is -2.38. The number of carbonyl (C=O) groups is 1. The quantitative estimate of drug-likeness (QED) is 0.762. The van der Waals surface area contributed by atoms with E-state index >= 15 is 0 Å². The summed E-state index contributed by atoms with van der Waals surface area (Å²) in [6.07, 6.45) is 3.54. The minimum absolute atomic E-state index is 0.215. The first kappa shape index (κ1) is 16.1. The second kappa shape index (κ2) is 6.16. The van der Waals surface area contributed by atoms with Crippen molar-refractivity contribution < 1.29 is 9.53 Å². The van der Waals surface area contributed by atoms with E-state index < -0.39 is 6.10 Å². The third-order valence-electron chi connectivity index (χ3n) is 4.04. The van der Waals surface area contributed by atoms with Gasteiger partial charge in [-0.05, 0) is 30.7 Å². The first-order valence-electron chi connectivity index (χ1n) is 7.72. The van der Waals surface area contributed by atoms with Crippen molar-refractivity contribution in [2.75, 3.05) is 5.32 Å². The van der Waals surface area contributed by atoms with Crippen LogP contribution in [0.15, 0.2) is 30.6 Å². The largest absolute Gasteiger partial charge is 0.480 e.